The molecule has 0 saturated heterocycles. The second-order valence-corrected chi connectivity index (χ2v) is 9.37. The van der Waals surface area contributed by atoms with E-state index < -0.39 is 12.0 Å². The second kappa shape index (κ2) is 12.3. The van der Waals surface area contributed by atoms with Gasteiger partial charge in [-0.15, -0.1) is 0 Å². The molecule has 3 N–H and O–H groups in total. The van der Waals surface area contributed by atoms with E-state index in [2.05, 4.69) is 5.32 Å². The molecule has 2 unspecified atom stereocenters. The number of thioether (sulfide) groups is 1. The Hall–Kier alpha value is -3.20. The number of carbonyl (C=O) groups is 3. The molecule has 2 aromatic carbocycles. The SMILES string of the molecule is COc1ccc2cc(C(C)C(=O)SCC(NC(C)=O)C(=O)CC(=N)CC(=N)N(C)C)ccc2c1. The number of carbonyl (C=O) groups excluding carboxylic acids is 3. The predicted molar refractivity (Wildman–Crippen MR) is 137 cm³/mol. The molecule has 8 nitrogen and oxygen atoms in total. The highest BCUT2D eigenvalue weighted by molar-refractivity contribution is 8.13. The van der Waals surface area contributed by atoms with Crippen molar-refractivity contribution < 1.29 is 19.1 Å². The number of amides is 1. The van der Waals surface area contributed by atoms with E-state index in [1.54, 1.807) is 26.1 Å². The minimum Gasteiger partial charge on any atom is -0.497 e. The van der Waals surface area contributed by atoms with Gasteiger partial charge in [0.2, 0.25) is 5.91 Å². The number of nitrogens with zero attached hydrogens (tertiary/aromatic N) is 1. The van der Waals surface area contributed by atoms with Crippen LogP contribution in [-0.2, 0) is 14.4 Å². The zero-order chi connectivity index (χ0) is 25.4. The van der Waals surface area contributed by atoms with E-state index in [4.69, 9.17) is 15.6 Å². The fraction of sp³-hybridized carbons (Fsp3) is 0.400. The number of hydrogen-bond acceptors (Lipinski definition) is 7. The number of amidine groups is 1. The van der Waals surface area contributed by atoms with Gasteiger partial charge in [0.05, 0.1) is 19.1 Å². The molecule has 0 fully saturated rings. The molecule has 0 heterocycles. The van der Waals surface area contributed by atoms with Crippen molar-refractivity contribution >= 4 is 50.9 Å². The number of methoxy groups -OCH3 is 1. The van der Waals surface area contributed by atoms with Gasteiger partial charge in [-0.25, -0.2) is 0 Å². The third-order valence-corrected chi connectivity index (χ3v) is 6.53. The van der Waals surface area contributed by atoms with Crippen molar-refractivity contribution in [3.05, 3.63) is 42.0 Å². The monoisotopic (exact) mass is 484 g/mol. The van der Waals surface area contributed by atoms with Crippen molar-refractivity contribution in [2.75, 3.05) is 27.0 Å². The standard InChI is InChI=1S/C25H32N4O4S/c1-15(17-6-7-19-11-21(33-5)9-8-18(19)10-17)25(32)34-14-22(28-16(2)30)23(31)12-20(26)13-24(27)29(3)4/h6-11,15,22,26-27H,12-14H2,1-5H3,(H,28,30). The summed E-state index contributed by atoms with van der Waals surface area (Å²) in [7, 11) is 5.02. The number of rotatable bonds is 11. The fourth-order valence-corrected chi connectivity index (χ4v) is 4.27. The van der Waals surface area contributed by atoms with Crippen molar-refractivity contribution in [1.82, 2.24) is 10.2 Å². The maximum Gasteiger partial charge on any atom is 0.217 e. The van der Waals surface area contributed by atoms with Gasteiger partial charge in [0.15, 0.2) is 10.9 Å². The van der Waals surface area contributed by atoms with Crippen molar-refractivity contribution in [1.29, 1.82) is 10.8 Å². The summed E-state index contributed by atoms with van der Waals surface area (Å²) in [5, 5.41) is 20.3. The first-order valence-electron chi connectivity index (χ1n) is 10.9. The molecule has 2 atom stereocenters. The van der Waals surface area contributed by atoms with Crippen LogP contribution < -0.4 is 10.1 Å². The number of ether oxygens (including phenoxy) is 1. The molecule has 1 amide bonds. The third kappa shape index (κ3) is 7.69. The number of hydrogen-bond donors (Lipinski definition) is 3. The minimum absolute atomic E-state index is 0.0580. The third-order valence-electron chi connectivity index (χ3n) is 5.39. The van der Waals surface area contributed by atoms with Crippen LogP contribution in [0.4, 0.5) is 0 Å². The van der Waals surface area contributed by atoms with Crippen LogP contribution >= 0.6 is 11.8 Å². The van der Waals surface area contributed by atoms with E-state index in [1.807, 2.05) is 43.3 Å². The van der Waals surface area contributed by atoms with Gasteiger partial charge in [-0.05, 0) is 28.5 Å². The Kier molecular flexibility index (Phi) is 9.80. The number of nitrogens with one attached hydrogen (secondary N) is 3. The highest BCUT2D eigenvalue weighted by atomic mass is 32.2. The quantitative estimate of drug-likeness (QED) is 0.331. The Morgan fingerprint density at radius 2 is 1.71 bits per heavy atom. The van der Waals surface area contributed by atoms with Gasteiger partial charge >= 0.3 is 0 Å². The van der Waals surface area contributed by atoms with Gasteiger partial charge in [-0.3, -0.25) is 19.8 Å². The average molecular weight is 485 g/mol. The normalized spacial score (nSPS) is 12.5. The summed E-state index contributed by atoms with van der Waals surface area (Å²) >= 11 is 1.000. The van der Waals surface area contributed by atoms with Crippen molar-refractivity contribution in [2.24, 2.45) is 0 Å². The number of ketones is 1. The Morgan fingerprint density at radius 1 is 1.06 bits per heavy atom. The fourth-order valence-electron chi connectivity index (χ4n) is 3.28. The molecule has 0 saturated carbocycles. The zero-order valence-electron chi connectivity index (χ0n) is 20.2. The van der Waals surface area contributed by atoms with Crippen LogP contribution in [0.25, 0.3) is 10.8 Å². The molecule has 0 aromatic heterocycles. The molecule has 0 aliphatic rings. The van der Waals surface area contributed by atoms with E-state index in [-0.39, 0.29) is 46.9 Å². The second-order valence-electron chi connectivity index (χ2n) is 8.34. The molecular formula is C25H32N4O4S. The minimum atomic E-state index is -0.878. The molecule has 34 heavy (non-hydrogen) atoms. The Bertz CT molecular complexity index is 1100. The predicted octanol–water partition coefficient (Wildman–Crippen LogP) is 3.62. The summed E-state index contributed by atoms with van der Waals surface area (Å²) in [4.78, 5) is 38.8. The Labute approximate surface area is 204 Å². The lowest BCUT2D eigenvalue weighted by Gasteiger charge is -2.19. The molecule has 0 spiro atoms. The summed E-state index contributed by atoms with van der Waals surface area (Å²) in [6, 6.07) is 10.7. The van der Waals surface area contributed by atoms with Gasteiger partial charge in [0.1, 0.15) is 11.6 Å². The molecular weight excluding hydrogens is 452 g/mol. The summed E-state index contributed by atoms with van der Waals surface area (Å²) in [6.45, 7) is 3.13. The number of Topliss-reactive ketones (excluding diaryl/α,β-unsaturated/α-hetero) is 1. The van der Waals surface area contributed by atoms with E-state index >= 15 is 0 Å². The summed E-state index contributed by atoms with van der Waals surface area (Å²) in [5.41, 5.74) is 0.957. The molecule has 0 aliphatic heterocycles. The lowest BCUT2D eigenvalue weighted by Crippen LogP contribution is -2.42. The average Bonchev–Trinajstić information content (AvgIpc) is 2.79. The van der Waals surface area contributed by atoms with Crippen LogP contribution in [0.3, 0.4) is 0 Å². The maximum atomic E-state index is 12.9. The first-order chi connectivity index (χ1) is 16.0. The first kappa shape index (κ1) is 27.0. The first-order valence-corrected chi connectivity index (χ1v) is 11.9. The summed E-state index contributed by atoms with van der Waals surface area (Å²) in [6.07, 6.45) is -0.123. The topological polar surface area (TPSA) is 123 Å². The van der Waals surface area contributed by atoms with Crippen molar-refractivity contribution in [3.63, 3.8) is 0 Å². The van der Waals surface area contributed by atoms with E-state index in [9.17, 15) is 14.4 Å². The van der Waals surface area contributed by atoms with Crippen molar-refractivity contribution in [2.45, 2.75) is 38.6 Å². The van der Waals surface area contributed by atoms with Gasteiger partial charge in [-0.2, -0.15) is 0 Å². The molecule has 0 radical (unpaired) electrons. The van der Waals surface area contributed by atoms with Gasteiger partial charge in [0.25, 0.3) is 0 Å². The van der Waals surface area contributed by atoms with E-state index in [0.717, 1.165) is 33.8 Å². The lowest BCUT2D eigenvalue weighted by atomic mass is 9.99. The van der Waals surface area contributed by atoms with Crippen LogP contribution in [0.1, 0.15) is 38.2 Å². The molecule has 2 rings (SSSR count). The highest BCUT2D eigenvalue weighted by Crippen LogP contribution is 2.28. The van der Waals surface area contributed by atoms with E-state index in [1.165, 1.54) is 6.92 Å². The Morgan fingerprint density at radius 3 is 2.32 bits per heavy atom. The molecule has 9 heteroatoms. The Balaban J connectivity index is 2.03. The molecule has 0 bridgehead atoms. The lowest BCUT2D eigenvalue weighted by molar-refractivity contribution is -0.125. The highest BCUT2D eigenvalue weighted by Gasteiger charge is 2.24. The number of fused-ring (bicyclic) bond motifs is 1. The van der Waals surface area contributed by atoms with Crippen LogP contribution in [-0.4, -0.2) is 66.3 Å². The van der Waals surface area contributed by atoms with Gasteiger partial charge in [-0.1, -0.05) is 43.0 Å². The van der Waals surface area contributed by atoms with Gasteiger partial charge in [0, 0.05) is 45.3 Å². The summed E-state index contributed by atoms with van der Waals surface area (Å²) < 4.78 is 5.25. The smallest absolute Gasteiger partial charge is 0.217 e. The van der Waals surface area contributed by atoms with E-state index in [0.29, 0.717) is 0 Å². The van der Waals surface area contributed by atoms with Crippen LogP contribution in [0.5, 0.6) is 5.75 Å². The molecule has 0 aliphatic carbocycles. The molecule has 182 valence electrons. The summed E-state index contributed by atoms with van der Waals surface area (Å²) in [5.74, 6) is -0.0498. The molecule has 2 aromatic rings. The zero-order valence-corrected chi connectivity index (χ0v) is 21.0. The van der Waals surface area contributed by atoms with Crippen molar-refractivity contribution in [3.8, 4) is 5.75 Å². The van der Waals surface area contributed by atoms with Crippen LogP contribution in [0, 0.1) is 10.8 Å². The van der Waals surface area contributed by atoms with Crippen LogP contribution in [0.15, 0.2) is 36.4 Å². The van der Waals surface area contributed by atoms with Crippen LogP contribution in [0.2, 0.25) is 0 Å². The largest absolute Gasteiger partial charge is 0.497 e. The number of benzene rings is 2. The van der Waals surface area contributed by atoms with Gasteiger partial charge < -0.3 is 20.4 Å². The maximum absolute atomic E-state index is 12.9.